The van der Waals surface area contributed by atoms with Crippen LogP contribution in [0.15, 0.2) is 31.1 Å². The molecule has 30 heavy (non-hydrogen) atoms. The van der Waals surface area contributed by atoms with Crippen molar-refractivity contribution in [2.75, 3.05) is 5.32 Å². The molecule has 1 saturated heterocycles. The largest absolute Gasteiger partial charge is 0.386 e. The van der Waals surface area contributed by atoms with E-state index in [4.69, 9.17) is 4.74 Å². The van der Waals surface area contributed by atoms with Gasteiger partial charge in [0.2, 0.25) is 5.82 Å². The lowest BCUT2D eigenvalue weighted by molar-refractivity contribution is -0.0230. The number of nitrogens with one attached hydrogen (secondary N) is 1. The number of aliphatic hydroxyl groups excluding tert-OH is 2. The van der Waals surface area contributed by atoms with Crippen LogP contribution in [0.4, 0.5) is 5.82 Å². The fourth-order valence-electron chi connectivity index (χ4n) is 3.92. The highest BCUT2D eigenvalue weighted by Crippen LogP contribution is 2.32. The molecule has 154 valence electrons. The Labute approximate surface area is 172 Å². The summed E-state index contributed by atoms with van der Waals surface area (Å²) in [7, 11) is 0. The van der Waals surface area contributed by atoms with Crippen molar-refractivity contribution in [2.45, 2.75) is 56.3 Å². The van der Waals surface area contributed by atoms with Crippen LogP contribution in [0, 0.1) is 11.8 Å². The van der Waals surface area contributed by atoms with E-state index in [1.807, 2.05) is 0 Å². The summed E-state index contributed by atoms with van der Waals surface area (Å²) in [6.45, 7) is 0. The Bertz CT molecular complexity index is 1090. The van der Waals surface area contributed by atoms with E-state index in [1.54, 1.807) is 23.0 Å². The zero-order chi connectivity index (χ0) is 20.5. The maximum atomic E-state index is 10.6. The Hall–Kier alpha value is -3.13. The van der Waals surface area contributed by atoms with Crippen LogP contribution in [0.5, 0.6) is 0 Å². The van der Waals surface area contributed by atoms with Crippen molar-refractivity contribution in [2.24, 2.45) is 0 Å². The van der Waals surface area contributed by atoms with Gasteiger partial charge in [-0.2, -0.15) is 0 Å². The van der Waals surface area contributed by atoms with E-state index in [0.29, 0.717) is 28.8 Å². The minimum Gasteiger partial charge on any atom is -0.386 e. The molecule has 0 radical (unpaired) electrons. The van der Waals surface area contributed by atoms with Crippen molar-refractivity contribution in [3.8, 4) is 11.8 Å². The molecular weight excluding hydrogens is 386 g/mol. The second kappa shape index (κ2) is 7.95. The van der Waals surface area contributed by atoms with E-state index in [-0.39, 0.29) is 0 Å². The highest BCUT2D eigenvalue weighted by Gasteiger charge is 2.43. The second-order valence-corrected chi connectivity index (χ2v) is 7.44. The van der Waals surface area contributed by atoms with Crippen LogP contribution in [0.1, 0.15) is 37.7 Å². The number of hydrogen-bond acceptors (Lipinski definition) is 9. The molecule has 1 saturated carbocycles. The van der Waals surface area contributed by atoms with Crippen LogP contribution in [0.2, 0.25) is 0 Å². The molecule has 0 spiro atoms. The van der Waals surface area contributed by atoms with Crippen LogP contribution in [-0.2, 0) is 4.74 Å². The van der Waals surface area contributed by atoms with Crippen LogP contribution in [0.3, 0.4) is 0 Å². The summed E-state index contributed by atoms with van der Waals surface area (Å²) in [5, 5.41) is 24.4. The molecule has 3 N–H and O–H groups in total. The predicted octanol–water partition coefficient (Wildman–Crippen LogP) is 0.642. The van der Waals surface area contributed by atoms with E-state index in [2.05, 4.69) is 42.1 Å². The average molecular weight is 407 g/mol. The Balaban J connectivity index is 1.40. The van der Waals surface area contributed by atoms with Crippen molar-refractivity contribution in [1.82, 2.24) is 29.5 Å². The van der Waals surface area contributed by atoms with Crippen molar-refractivity contribution in [3.05, 3.63) is 36.9 Å². The molecule has 1 aliphatic carbocycles. The standard InChI is InChI=1S/C20H21N7O3/c28-16-13(6-7-14-21-8-3-9-22-14)30-20(17(16)29)27-11-25-15-18(23-10-24-19(15)27)26-12-4-1-2-5-12/h3,8-13,16-17,20,28-29H,1-2,4-5H2,(H,23,24,26)/t13-,16-,17-,20-/m1/s1. The Morgan fingerprint density at radius 1 is 1.03 bits per heavy atom. The molecule has 4 atom stereocenters. The highest BCUT2D eigenvalue weighted by molar-refractivity contribution is 5.82. The number of hydrogen-bond donors (Lipinski definition) is 3. The van der Waals surface area contributed by atoms with Crippen molar-refractivity contribution < 1.29 is 14.9 Å². The lowest BCUT2D eigenvalue weighted by Crippen LogP contribution is -2.31. The molecule has 0 aromatic carbocycles. The summed E-state index contributed by atoms with van der Waals surface area (Å²) < 4.78 is 7.45. The van der Waals surface area contributed by atoms with Gasteiger partial charge in [0, 0.05) is 18.4 Å². The fourth-order valence-corrected chi connectivity index (χ4v) is 3.92. The number of nitrogens with zero attached hydrogens (tertiary/aromatic N) is 6. The van der Waals surface area contributed by atoms with Gasteiger partial charge in [-0.3, -0.25) is 4.57 Å². The molecule has 2 aliphatic rings. The van der Waals surface area contributed by atoms with Gasteiger partial charge in [-0.05, 0) is 24.8 Å². The minimum absolute atomic E-state index is 0.315. The maximum Gasteiger partial charge on any atom is 0.204 e. The summed E-state index contributed by atoms with van der Waals surface area (Å²) in [4.78, 5) is 21.1. The summed E-state index contributed by atoms with van der Waals surface area (Å²) in [5.41, 5.74) is 1.11. The number of imidazole rings is 1. The summed E-state index contributed by atoms with van der Waals surface area (Å²) in [6, 6.07) is 2.07. The van der Waals surface area contributed by atoms with Crippen molar-refractivity contribution in [3.63, 3.8) is 0 Å². The van der Waals surface area contributed by atoms with Crippen LogP contribution in [0.25, 0.3) is 11.2 Å². The summed E-state index contributed by atoms with van der Waals surface area (Å²) in [5.74, 6) is 6.53. The second-order valence-electron chi connectivity index (χ2n) is 7.44. The molecule has 10 nitrogen and oxygen atoms in total. The molecule has 1 aliphatic heterocycles. The number of fused-ring (bicyclic) bond motifs is 1. The summed E-state index contributed by atoms with van der Waals surface area (Å²) >= 11 is 0. The maximum absolute atomic E-state index is 10.6. The van der Waals surface area contributed by atoms with E-state index < -0.39 is 24.5 Å². The third-order valence-corrected chi connectivity index (χ3v) is 5.46. The normalized spacial score (nSPS) is 26.6. The summed E-state index contributed by atoms with van der Waals surface area (Å²) in [6.07, 6.45) is 6.61. The lowest BCUT2D eigenvalue weighted by Gasteiger charge is -2.16. The molecule has 5 rings (SSSR count). The lowest BCUT2D eigenvalue weighted by atomic mass is 10.1. The third kappa shape index (κ3) is 3.47. The van der Waals surface area contributed by atoms with Crippen molar-refractivity contribution in [1.29, 1.82) is 0 Å². The van der Waals surface area contributed by atoms with E-state index in [1.165, 1.54) is 25.5 Å². The Morgan fingerprint density at radius 2 is 1.83 bits per heavy atom. The van der Waals surface area contributed by atoms with Crippen LogP contribution >= 0.6 is 0 Å². The average Bonchev–Trinajstić information content (AvgIpc) is 3.49. The number of anilines is 1. The Morgan fingerprint density at radius 3 is 2.63 bits per heavy atom. The number of rotatable bonds is 3. The first-order chi connectivity index (χ1) is 14.7. The van der Waals surface area contributed by atoms with Gasteiger partial charge in [-0.15, -0.1) is 0 Å². The fraction of sp³-hybridized carbons (Fsp3) is 0.450. The quantitative estimate of drug-likeness (QED) is 0.535. The molecule has 0 amide bonds. The van der Waals surface area contributed by atoms with Crippen LogP contribution < -0.4 is 5.32 Å². The van der Waals surface area contributed by atoms with Gasteiger partial charge in [0.15, 0.2) is 23.2 Å². The molecule has 3 aromatic rings. The third-order valence-electron chi connectivity index (χ3n) is 5.46. The number of ether oxygens (including phenoxy) is 1. The molecule has 10 heteroatoms. The SMILES string of the molecule is O[C@@H]1[C@H](O)[C@@H](C#Cc2ncccn2)O[C@H]1n1cnc2c(NC3CCCC3)ncnc21. The monoisotopic (exact) mass is 407 g/mol. The highest BCUT2D eigenvalue weighted by atomic mass is 16.6. The Kier molecular flexibility index (Phi) is 5.00. The molecular formula is C20H21N7O3. The van der Waals surface area contributed by atoms with E-state index in [0.717, 1.165) is 12.8 Å². The van der Waals surface area contributed by atoms with Gasteiger partial charge in [-0.25, -0.2) is 24.9 Å². The van der Waals surface area contributed by atoms with Gasteiger partial charge in [-0.1, -0.05) is 18.8 Å². The zero-order valence-electron chi connectivity index (χ0n) is 16.1. The van der Waals surface area contributed by atoms with E-state index >= 15 is 0 Å². The molecule has 2 fully saturated rings. The minimum atomic E-state index is -1.19. The van der Waals surface area contributed by atoms with Gasteiger partial charge in [0.25, 0.3) is 0 Å². The predicted molar refractivity (Wildman–Crippen MR) is 106 cm³/mol. The van der Waals surface area contributed by atoms with Gasteiger partial charge >= 0.3 is 0 Å². The van der Waals surface area contributed by atoms with Gasteiger partial charge in [0.1, 0.15) is 24.6 Å². The van der Waals surface area contributed by atoms with Gasteiger partial charge < -0.3 is 20.3 Å². The topological polar surface area (TPSA) is 131 Å². The number of aliphatic hydroxyl groups is 2. The van der Waals surface area contributed by atoms with E-state index in [9.17, 15) is 10.2 Å². The first-order valence-corrected chi connectivity index (χ1v) is 9.95. The molecule has 0 bridgehead atoms. The van der Waals surface area contributed by atoms with Crippen molar-refractivity contribution >= 4 is 17.0 Å². The van der Waals surface area contributed by atoms with Crippen LogP contribution in [-0.4, -0.2) is 64.1 Å². The number of aromatic nitrogens is 6. The van der Waals surface area contributed by atoms with Gasteiger partial charge in [0.05, 0.1) is 6.33 Å². The molecule has 3 aromatic heterocycles. The first-order valence-electron chi connectivity index (χ1n) is 9.95. The zero-order valence-corrected chi connectivity index (χ0v) is 16.1. The molecule has 4 heterocycles. The smallest absolute Gasteiger partial charge is 0.204 e. The molecule has 0 unspecified atom stereocenters. The first kappa shape index (κ1) is 18.9.